The maximum atomic E-state index is 10.5. The molecule has 0 saturated heterocycles. The molecule has 0 N–H and O–H groups in total. The number of hydrogen-bond donors (Lipinski definition) is 0. The van der Waals surface area contributed by atoms with Crippen LogP contribution in [-0.2, 0) is 14.3 Å². The summed E-state index contributed by atoms with van der Waals surface area (Å²) in [5.41, 5.74) is 0. The molecule has 0 amide bonds. The summed E-state index contributed by atoms with van der Waals surface area (Å²) in [6, 6.07) is 0. The van der Waals surface area contributed by atoms with Crippen molar-refractivity contribution in [2.75, 3.05) is 13.2 Å². The van der Waals surface area contributed by atoms with Crippen LogP contribution < -0.4 is 24.0 Å². The van der Waals surface area contributed by atoms with Crippen LogP contribution in [0.1, 0.15) is 13.8 Å². The minimum absolute atomic E-state index is 0. The van der Waals surface area contributed by atoms with Crippen molar-refractivity contribution in [3.63, 3.8) is 0 Å². The van der Waals surface area contributed by atoms with Crippen molar-refractivity contribution < 1.29 is 38.2 Å². The van der Waals surface area contributed by atoms with E-state index in [1.807, 2.05) is 0 Å². The Morgan fingerprint density at radius 2 is 1.83 bits per heavy atom. The van der Waals surface area contributed by atoms with Gasteiger partial charge in [-0.2, -0.15) is 0 Å². The number of hydrogen-bond acceptors (Lipinski definition) is 4. The van der Waals surface area contributed by atoms with Gasteiger partial charge in [-0.15, -0.1) is 0 Å². The molecule has 0 aliphatic rings. The quantitative estimate of drug-likeness (QED) is 0.191. The zero-order valence-corrected chi connectivity index (χ0v) is 7.62. The Morgan fingerprint density at radius 1 is 1.33 bits per heavy atom. The van der Waals surface area contributed by atoms with Gasteiger partial charge in [0.2, 0.25) is 0 Å². The predicted molar refractivity (Wildman–Crippen MR) is 36.3 cm³/mol. The van der Waals surface area contributed by atoms with Crippen LogP contribution in [0, 0.1) is 0 Å². The number of rotatable bonds is 4. The summed E-state index contributed by atoms with van der Waals surface area (Å²) in [5, 5.41) is 10.5. The van der Waals surface area contributed by atoms with Gasteiger partial charge in [-0.1, -0.05) is 6.92 Å². The first kappa shape index (κ1) is 14.0. The molecule has 0 atom stereocenters. The second-order valence-electron chi connectivity index (χ2n) is 1.65. The van der Waals surface area contributed by atoms with Crippen molar-refractivity contribution >= 4 is 5.97 Å². The molecule has 0 fully saturated rings. The third-order valence-corrected chi connectivity index (χ3v) is 0.809. The fraction of sp³-hybridized carbons (Fsp3) is 0.571. The van der Waals surface area contributed by atoms with Gasteiger partial charge in [-0.3, -0.25) is 0 Å². The Labute approximate surface area is 83.7 Å². The van der Waals surface area contributed by atoms with Crippen molar-refractivity contribution in [3.05, 3.63) is 12.0 Å². The molecule has 12 heavy (non-hydrogen) atoms. The topological polar surface area (TPSA) is 58.6 Å². The van der Waals surface area contributed by atoms with Gasteiger partial charge in [0.15, 0.2) is 0 Å². The summed E-state index contributed by atoms with van der Waals surface area (Å²) in [6.45, 7) is 3.84. The van der Waals surface area contributed by atoms with Crippen molar-refractivity contribution in [2.24, 2.45) is 0 Å². The first-order chi connectivity index (χ1) is 5.20. The minimum atomic E-state index is -0.661. The molecular weight excluding hydrogens is 155 g/mol. The molecule has 0 radical (unpaired) electrons. The van der Waals surface area contributed by atoms with Crippen LogP contribution in [0.3, 0.4) is 0 Å². The van der Waals surface area contributed by atoms with Crippen molar-refractivity contribution in [2.45, 2.75) is 13.8 Å². The molecule has 4 nitrogen and oxygen atoms in total. The molecule has 0 spiro atoms. The van der Waals surface area contributed by atoms with Crippen LogP contribution in [0.25, 0.3) is 0 Å². The van der Waals surface area contributed by atoms with Gasteiger partial charge in [0.1, 0.15) is 0 Å². The predicted octanol–water partition coefficient (Wildman–Crippen LogP) is -3.21. The Balaban J connectivity index is 0. The summed E-state index contributed by atoms with van der Waals surface area (Å²) >= 11 is 0. The van der Waals surface area contributed by atoms with Crippen LogP contribution in [0.4, 0.5) is 0 Å². The van der Waals surface area contributed by atoms with Crippen LogP contribution in [0.15, 0.2) is 12.0 Å². The number of ether oxygens (including phenoxy) is 2. The Bertz CT molecular complexity index is 155. The van der Waals surface area contributed by atoms with E-state index in [1.54, 1.807) is 13.8 Å². The van der Waals surface area contributed by atoms with E-state index in [2.05, 4.69) is 9.47 Å². The van der Waals surface area contributed by atoms with E-state index in [-0.39, 0.29) is 32.1 Å². The third kappa shape index (κ3) is 7.51. The molecule has 0 unspecified atom stereocenters. The number of carbonyl (C=O) groups excluding carboxylic acids is 1. The second kappa shape index (κ2) is 8.50. The average molecular weight is 166 g/mol. The Kier molecular flexibility index (Phi) is 9.89. The summed E-state index contributed by atoms with van der Waals surface area (Å²) in [5.74, 6) is -1.32. The standard InChI is InChI=1S/C7H12O4.Li/c1-3-10-6(8)5-7(9)11-4-2;/h5,8H,3-4H2,1-2H3;/q;+1/p-1. The van der Waals surface area contributed by atoms with E-state index in [9.17, 15) is 9.90 Å². The zero-order chi connectivity index (χ0) is 8.69. The van der Waals surface area contributed by atoms with Crippen LogP contribution in [-0.4, -0.2) is 19.2 Å². The molecule has 0 saturated carbocycles. The maximum Gasteiger partial charge on any atom is 1.00 e. The van der Waals surface area contributed by atoms with E-state index in [4.69, 9.17) is 0 Å². The van der Waals surface area contributed by atoms with Crippen LogP contribution in [0.5, 0.6) is 0 Å². The van der Waals surface area contributed by atoms with Gasteiger partial charge in [0.25, 0.3) is 0 Å². The molecule has 0 aliphatic heterocycles. The first-order valence-corrected chi connectivity index (χ1v) is 3.39. The fourth-order valence-electron chi connectivity index (χ4n) is 0.464. The van der Waals surface area contributed by atoms with E-state index >= 15 is 0 Å². The van der Waals surface area contributed by atoms with Gasteiger partial charge >= 0.3 is 24.8 Å². The molecule has 0 aromatic rings. The fourth-order valence-corrected chi connectivity index (χ4v) is 0.464. The number of esters is 1. The van der Waals surface area contributed by atoms with Crippen LogP contribution in [0.2, 0.25) is 0 Å². The van der Waals surface area contributed by atoms with Gasteiger partial charge in [-0.05, 0) is 13.5 Å². The van der Waals surface area contributed by atoms with E-state index < -0.39 is 11.9 Å². The third-order valence-electron chi connectivity index (χ3n) is 0.809. The van der Waals surface area contributed by atoms with E-state index in [0.29, 0.717) is 0 Å². The summed E-state index contributed by atoms with van der Waals surface area (Å²) < 4.78 is 8.93. The van der Waals surface area contributed by atoms with Crippen molar-refractivity contribution in [3.8, 4) is 0 Å². The molecule has 0 rings (SSSR count). The summed E-state index contributed by atoms with van der Waals surface area (Å²) in [6.07, 6.45) is 0.785. The molecular formula is C7H11LiO4. The maximum absolute atomic E-state index is 10.5. The number of carbonyl (C=O) groups is 1. The molecule has 0 aromatic heterocycles. The van der Waals surface area contributed by atoms with Crippen LogP contribution >= 0.6 is 0 Å². The smallest absolute Gasteiger partial charge is 0.613 e. The second-order valence-corrected chi connectivity index (χ2v) is 1.65. The van der Waals surface area contributed by atoms with Gasteiger partial charge in [0.05, 0.1) is 12.6 Å². The van der Waals surface area contributed by atoms with Gasteiger partial charge < -0.3 is 14.6 Å². The molecule has 64 valence electrons. The molecule has 0 aromatic carbocycles. The SMILES string of the molecule is CCOC(=O)C=C([O-])OCC.[Li+]. The largest absolute Gasteiger partial charge is 1.00 e. The minimum Gasteiger partial charge on any atom is -0.613 e. The molecule has 5 heteroatoms. The van der Waals surface area contributed by atoms with Gasteiger partial charge in [-0.25, -0.2) is 4.79 Å². The van der Waals surface area contributed by atoms with E-state index in [0.717, 1.165) is 6.08 Å². The van der Waals surface area contributed by atoms with Crippen molar-refractivity contribution in [1.29, 1.82) is 0 Å². The zero-order valence-electron chi connectivity index (χ0n) is 7.62. The first-order valence-electron chi connectivity index (χ1n) is 3.39. The Morgan fingerprint density at radius 3 is 2.25 bits per heavy atom. The van der Waals surface area contributed by atoms with Crippen molar-refractivity contribution in [1.82, 2.24) is 0 Å². The Hall–Kier alpha value is -0.593. The molecule has 0 heterocycles. The van der Waals surface area contributed by atoms with E-state index in [1.165, 1.54) is 0 Å². The molecule has 0 bridgehead atoms. The van der Waals surface area contributed by atoms with Gasteiger partial charge in [0, 0.05) is 6.08 Å². The average Bonchev–Trinajstić information content (AvgIpc) is 1.87. The summed E-state index contributed by atoms with van der Waals surface area (Å²) in [7, 11) is 0. The normalized spacial score (nSPS) is 10.0. The monoisotopic (exact) mass is 166 g/mol. The molecule has 0 aliphatic carbocycles. The summed E-state index contributed by atoms with van der Waals surface area (Å²) in [4.78, 5) is 10.5.